The van der Waals surface area contributed by atoms with E-state index in [0.29, 0.717) is 38.3 Å². The van der Waals surface area contributed by atoms with Crippen molar-refractivity contribution in [2.24, 2.45) is 10.9 Å². The van der Waals surface area contributed by atoms with Crippen molar-refractivity contribution in [1.29, 1.82) is 0 Å². The number of carbonyl (C=O) groups excluding carboxylic acids is 1. The van der Waals surface area contributed by atoms with Gasteiger partial charge < -0.3 is 15.8 Å². The second kappa shape index (κ2) is 7.24. The third-order valence-electron chi connectivity index (χ3n) is 3.33. The Kier molecular flexibility index (Phi) is 5.60. The lowest BCUT2D eigenvalue weighted by atomic mass is 10.2. The Morgan fingerprint density at radius 2 is 1.95 bits per heavy atom. The topological polar surface area (TPSA) is 82.2 Å². The van der Waals surface area contributed by atoms with Gasteiger partial charge in [0.25, 0.3) is 5.91 Å². The number of piperazine rings is 1. The van der Waals surface area contributed by atoms with Crippen LogP contribution in [0.4, 0.5) is 0 Å². The van der Waals surface area contributed by atoms with Crippen LogP contribution in [0.1, 0.15) is 10.4 Å². The van der Waals surface area contributed by atoms with E-state index in [2.05, 4.69) is 41.9 Å². The molecule has 2 rings (SSSR count). The van der Waals surface area contributed by atoms with Crippen LogP contribution in [0.15, 0.2) is 32.3 Å². The molecule has 1 amide bonds. The number of hydrogen-bond acceptors (Lipinski definition) is 4. The van der Waals surface area contributed by atoms with Gasteiger partial charge in [0.1, 0.15) is 0 Å². The molecular formula is C13H16Br2N4O2. The SMILES string of the molecule is N/C(CN1CCN(C(=O)c2cc(Br)ccc2Br)CC1)=N/O. The highest BCUT2D eigenvalue weighted by molar-refractivity contribution is 9.11. The minimum Gasteiger partial charge on any atom is -0.409 e. The van der Waals surface area contributed by atoms with Crippen LogP contribution in [0.2, 0.25) is 0 Å². The average Bonchev–Trinajstić information content (AvgIpc) is 2.49. The van der Waals surface area contributed by atoms with E-state index >= 15 is 0 Å². The summed E-state index contributed by atoms with van der Waals surface area (Å²) < 4.78 is 1.66. The van der Waals surface area contributed by atoms with E-state index < -0.39 is 0 Å². The Balaban J connectivity index is 1.99. The number of benzene rings is 1. The quantitative estimate of drug-likeness (QED) is 0.338. The van der Waals surface area contributed by atoms with Gasteiger partial charge in [0.2, 0.25) is 0 Å². The van der Waals surface area contributed by atoms with Gasteiger partial charge in [-0.2, -0.15) is 0 Å². The Bertz CT molecular complexity index is 557. The Morgan fingerprint density at radius 1 is 1.29 bits per heavy atom. The fraction of sp³-hybridized carbons (Fsp3) is 0.385. The summed E-state index contributed by atoms with van der Waals surface area (Å²) in [6, 6.07) is 5.55. The zero-order valence-electron chi connectivity index (χ0n) is 11.3. The molecule has 21 heavy (non-hydrogen) atoms. The summed E-state index contributed by atoms with van der Waals surface area (Å²) in [5, 5.41) is 11.5. The van der Waals surface area contributed by atoms with Crippen LogP contribution < -0.4 is 5.73 Å². The number of rotatable bonds is 3. The number of oxime groups is 1. The number of carbonyl (C=O) groups is 1. The molecule has 0 aromatic heterocycles. The normalized spacial score (nSPS) is 17.0. The van der Waals surface area contributed by atoms with E-state index in [1.807, 2.05) is 23.1 Å². The second-order valence-corrected chi connectivity index (χ2v) is 6.55. The molecular weight excluding hydrogens is 404 g/mol. The first-order valence-corrected chi connectivity index (χ1v) is 8.03. The fourth-order valence-electron chi connectivity index (χ4n) is 2.20. The summed E-state index contributed by atoms with van der Waals surface area (Å²) in [6.45, 7) is 3.06. The summed E-state index contributed by atoms with van der Waals surface area (Å²) in [5.74, 6) is 0.191. The molecule has 0 unspecified atom stereocenters. The van der Waals surface area contributed by atoms with Crippen LogP contribution in [-0.2, 0) is 0 Å². The minimum absolute atomic E-state index is 0.00613. The Hall–Kier alpha value is -1.12. The molecule has 1 aliphatic heterocycles. The van der Waals surface area contributed by atoms with Crippen molar-refractivity contribution in [3.8, 4) is 0 Å². The van der Waals surface area contributed by atoms with Gasteiger partial charge in [-0.25, -0.2) is 0 Å². The highest BCUT2D eigenvalue weighted by atomic mass is 79.9. The first-order chi connectivity index (χ1) is 10.0. The fourth-order valence-corrected chi connectivity index (χ4v) is 2.98. The number of amidine groups is 1. The number of amides is 1. The minimum atomic E-state index is 0.00613. The van der Waals surface area contributed by atoms with Crippen molar-refractivity contribution < 1.29 is 10.0 Å². The van der Waals surface area contributed by atoms with Crippen LogP contribution in [0.3, 0.4) is 0 Å². The summed E-state index contributed by atoms with van der Waals surface area (Å²) in [7, 11) is 0. The molecule has 6 nitrogen and oxygen atoms in total. The molecule has 0 aliphatic carbocycles. The van der Waals surface area contributed by atoms with Crippen molar-refractivity contribution in [3.05, 3.63) is 32.7 Å². The van der Waals surface area contributed by atoms with Crippen LogP contribution in [-0.4, -0.2) is 59.5 Å². The van der Waals surface area contributed by atoms with Crippen molar-refractivity contribution >= 4 is 43.6 Å². The predicted molar refractivity (Wildman–Crippen MR) is 87.6 cm³/mol. The van der Waals surface area contributed by atoms with E-state index in [-0.39, 0.29) is 11.7 Å². The number of hydrogen-bond donors (Lipinski definition) is 2. The van der Waals surface area contributed by atoms with Gasteiger partial charge in [-0.15, -0.1) is 0 Å². The van der Waals surface area contributed by atoms with E-state index in [9.17, 15) is 4.79 Å². The van der Waals surface area contributed by atoms with Crippen molar-refractivity contribution in [1.82, 2.24) is 9.80 Å². The van der Waals surface area contributed by atoms with Crippen LogP contribution in [0, 0.1) is 0 Å². The second-order valence-electron chi connectivity index (χ2n) is 4.78. The molecule has 0 spiro atoms. The zero-order chi connectivity index (χ0) is 15.4. The molecule has 0 atom stereocenters. The maximum absolute atomic E-state index is 12.5. The summed E-state index contributed by atoms with van der Waals surface area (Å²) >= 11 is 6.80. The summed E-state index contributed by atoms with van der Waals surface area (Å²) in [6.07, 6.45) is 0. The molecule has 1 aliphatic rings. The maximum atomic E-state index is 12.5. The van der Waals surface area contributed by atoms with Gasteiger partial charge in [0.15, 0.2) is 5.84 Å². The van der Waals surface area contributed by atoms with Gasteiger partial charge in [-0.3, -0.25) is 9.69 Å². The van der Waals surface area contributed by atoms with Crippen LogP contribution in [0.5, 0.6) is 0 Å². The Labute approximate surface area is 139 Å². The van der Waals surface area contributed by atoms with Crippen LogP contribution >= 0.6 is 31.9 Å². The van der Waals surface area contributed by atoms with Gasteiger partial charge >= 0.3 is 0 Å². The van der Waals surface area contributed by atoms with Crippen LogP contribution in [0.25, 0.3) is 0 Å². The zero-order valence-corrected chi connectivity index (χ0v) is 14.5. The van der Waals surface area contributed by atoms with Gasteiger partial charge in [0.05, 0.1) is 12.1 Å². The third kappa shape index (κ3) is 4.18. The molecule has 1 aromatic carbocycles. The number of halogens is 2. The monoisotopic (exact) mass is 418 g/mol. The Morgan fingerprint density at radius 3 is 2.57 bits per heavy atom. The lowest BCUT2D eigenvalue weighted by molar-refractivity contribution is 0.0652. The summed E-state index contributed by atoms with van der Waals surface area (Å²) in [5.41, 5.74) is 6.14. The molecule has 8 heteroatoms. The number of nitrogens with zero attached hydrogens (tertiary/aromatic N) is 3. The van der Waals surface area contributed by atoms with E-state index in [1.54, 1.807) is 0 Å². The van der Waals surface area contributed by atoms with Gasteiger partial charge in [-0.1, -0.05) is 21.1 Å². The molecule has 3 N–H and O–H groups in total. The lowest BCUT2D eigenvalue weighted by Gasteiger charge is -2.34. The molecule has 1 aromatic rings. The average molecular weight is 420 g/mol. The molecule has 1 fully saturated rings. The molecule has 0 bridgehead atoms. The largest absolute Gasteiger partial charge is 0.409 e. The van der Waals surface area contributed by atoms with Gasteiger partial charge in [0, 0.05) is 35.1 Å². The van der Waals surface area contributed by atoms with E-state index in [1.165, 1.54) is 0 Å². The number of nitrogens with two attached hydrogens (primary N) is 1. The van der Waals surface area contributed by atoms with Crippen molar-refractivity contribution in [2.45, 2.75) is 0 Å². The van der Waals surface area contributed by atoms with E-state index in [4.69, 9.17) is 10.9 Å². The third-order valence-corrected chi connectivity index (χ3v) is 4.52. The molecule has 1 heterocycles. The highest BCUT2D eigenvalue weighted by Crippen LogP contribution is 2.23. The van der Waals surface area contributed by atoms with E-state index in [0.717, 1.165) is 8.95 Å². The lowest BCUT2D eigenvalue weighted by Crippen LogP contribution is -2.50. The smallest absolute Gasteiger partial charge is 0.255 e. The molecule has 0 saturated carbocycles. The first kappa shape index (κ1) is 16.3. The highest BCUT2D eigenvalue weighted by Gasteiger charge is 2.23. The predicted octanol–water partition coefficient (Wildman–Crippen LogP) is 1.72. The molecule has 114 valence electrons. The standard InChI is InChI=1S/C13H16Br2N4O2/c14-9-1-2-11(15)10(7-9)13(20)19-5-3-18(4-6-19)8-12(16)17-21/h1-2,7,21H,3-6,8H2,(H2,16,17). The molecule has 0 radical (unpaired) electrons. The van der Waals surface area contributed by atoms with Crippen molar-refractivity contribution in [3.63, 3.8) is 0 Å². The van der Waals surface area contributed by atoms with Crippen molar-refractivity contribution in [2.75, 3.05) is 32.7 Å². The maximum Gasteiger partial charge on any atom is 0.255 e. The first-order valence-electron chi connectivity index (χ1n) is 6.44. The van der Waals surface area contributed by atoms with Gasteiger partial charge in [-0.05, 0) is 34.1 Å². The molecule has 1 saturated heterocycles. The summed E-state index contributed by atoms with van der Waals surface area (Å²) in [4.78, 5) is 16.4.